The van der Waals surface area contributed by atoms with Gasteiger partial charge in [-0.15, -0.1) is 0 Å². The molecule has 0 atom stereocenters. The van der Waals surface area contributed by atoms with Crippen LogP contribution in [0.3, 0.4) is 0 Å². The number of hydrogen-bond donors (Lipinski definition) is 3. The van der Waals surface area contributed by atoms with Gasteiger partial charge in [0.25, 0.3) is 0 Å². The Kier molecular flexibility index (Phi) is 5.04. The largest absolute Gasteiger partial charge is 0.373 e. The van der Waals surface area contributed by atoms with E-state index in [0.717, 1.165) is 43.1 Å². The van der Waals surface area contributed by atoms with Gasteiger partial charge in [0.2, 0.25) is 0 Å². The van der Waals surface area contributed by atoms with E-state index in [4.69, 9.17) is 4.98 Å². The molecule has 0 aliphatic heterocycles. The van der Waals surface area contributed by atoms with Gasteiger partial charge in [-0.1, -0.05) is 38.1 Å². The SMILES string of the molecule is CCc1ccc(CCNc2cc3cccc(CC)c3[nH]2)nc1NC. The van der Waals surface area contributed by atoms with Crippen LogP contribution in [0.5, 0.6) is 0 Å². The summed E-state index contributed by atoms with van der Waals surface area (Å²) in [6.45, 7) is 5.20. The molecule has 3 rings (SSSR count). The first-order chi connectivity index (χ1) is 11.7. The molecule has 1 aromatic carbocycles. The highest BCUT2D eigenvalue weighted by atomic mass is 15.0. The molecule has 24 heavy (non-hydrogen) atoms. The maximum Gasteiger partial charge on any atom is 0.129 e. The van der Waals surface area contributed by atoms with Gasteiger partial charge in [0.15, 0.2) is 0 Å². The van der Waals surface area contributed by atoms with Crippen LogP contribution in [0.15, 0.2) is 36.4 Å². The van der Waals surface area contributed by atoms with Crippen molar-refractivity contribution in [2.24, 2.45) is 0 Å². The molecule has 126 valence electrons. The van der Waals surface area contributed by atoms with Crippen molar-refractivity contribution in [2.75, 3.05) is 24.2 Å². The molecule has 3 N–H and O–H groups in total. The lowest BCUT2D eigenvalue weighted by Gasteiger charge is -2.09. The monoisotopic (exact) mass is 322 g/mol. The average molecular weight is 322 g/mol. The second-order valence-corrected chi connectivity index (χ2v) is 6.01. The van der Waals surface area contributed by atoms with Crippen molar-refractivity contribution in [3.8, 4) is 0 Å². The van der Waals surface area contributed by atoms with Gasteiger partial charge < -0.3 is 15.6 Å². The van der Waals surface area contributed by atoms with Gasteiger partial charge in [-0.2, -0.15) is 0 Å². The third-order valence-electron chi connectivity index (χ3n) is 4.47. The number of pyridine rings is 1. The van der Waals surface area contributed by atoms with E-state index in [1.165, 1.54) is 22.0 Å². The van der Waals surface area contributed by atoms with Gasteiger partial charge in [-0.3, -0.25) is 0 Å². The minimum Gasteiger partial charge on any atom is -0.373 e. The highest BCUT2D eigenvalue weighted by Crippen LogP contribution is 2.22. The maximum absolute atomic E-state index is 4.70. The van der Waals surface area contributed by atoms with Gasteiger partial charge in [-0.05, 0) is 36.1 Å². The minimum absolute atomic E-state index is 0.857. The van der Waals surface area contributed by atoms with Crippen molar-refractivity contribution in [2.45, 2.75) is 33.1 Å². The van der Waals surface area contributed by atoms with Crippen molar-refractivity contribution < 1.29 is 0 Å². The highest BCUT2D eigenvalue weighted by molar-refractivity contribution is 5.86. The summed E-state index contributed by atoms with van der Waals surface area (Å²) < 4.78 is 0. The standard InChI is InChI=1S/C20H26N4/c1-4-14-7-6-8-16-13-18(24-19(14)16)22-12-11-17-10-9-15(5-2)20(21-3)23-17/h6-10,13,22,24H,4-5,11-12H2,1-3H3,(H,21,23). The molecule has 4 nitrogen and oxygen atoms in total. The number of aromatic amines is 1. The summed E-state index contributed by atoms with van der Waals surface area (Å²) in [7, 11) is 1.93. The number of anilines is 2. The lowest BCUT2D eigenvalue weighted by atomic mass is 10.1. The zero-order valence-electron chi connectivity index (χ0n) is 14.7. The van der Waals surface area contributed by atoms with Crippen molar-refractivity contribution >= 4 is 22.5 Å². The number of fused-ring (bicyclic) bond motifs is 1. The molecule has 0 fully saturated rings. The van der Waals surface area contributed by atoms with E-state index in [2.05, 4.69) is 65.9 Å². The quantitative estimate of drug-likeness (QED) is 0.605. The van der Waals surface area contributed by atoms with Gasteiger partial charge in [0.1, 0.15) is 11.6 Å². The van der Waals surface area contributed by atoms with Crippen molar-refractivity contribution in [3.05, 3.63) is 53.2 Å². The van der Waals surface area contributed by atoms with E-state index >= 15 is 0 Å². The molecule has 0 radical (unpaired) electrons. The topological polar surface area (TPSA) is 52.7 Å². The Balaban J connectivity index is 1.66. The average Bonchev–Trinajstić information content (AvgIpc) is 3.04. The van der Waals surface area contributed by atoms with Gasteiger partial charge in [0, 0.05) is 31.1 Å². The summed E-state index contributed by atoms with van der Waals surface area (Å²) in [4.78, 5) is 8.20. The van der Waals surface area contributed by atoms with E-state index in [1.807, 2.05) is 7.05 Å². The molecule has 0 bridgehead atoms. The Morgan fingerprint density at radius 3 is 2.62 bits per heavy atom. The van der Waals surface area contributed by atoms with Crippen LogP contribution in [-0.4, -0.2) is 23.6 Å². The maximum atomic E-state index is 4.70. The number of nitrogens with zero attached hydrogens (tertiary/aromatic N) is 1. The number of aromatic nitrogens is 2. The zero-order valence-corrected chi connectivity index (χ0v) is 14.7. The molecular weight excluding hydrogens is 296 g/mol. The van der Waals surface area contributed by atoms with E-state index < -0.39 is 0 Å². The third-order valence-corrected chi connectivity index (χ3v) is 4.47. The van der Waals surface area contributed by atoms with Crippen molar-refractivity contribution in [1.82, 2.24) is 9.97 Å². The lowest BCUT2D eigenvalue weighted by Crippen LogP contribution is -2.08. The van der Waals surface area contributed by atoms with Crippen molar-refractivity contribution in [1.29, 1.82) is 0 Å². The minimum atomic E-state index is 0.857. The van der Waals surface area contributed by atoms with Gasteiger partial charge in [-0.25, -0.2) is 4.98 Å². The normalized spacial score (nSPS) is 11.0. The molecule has 0 spiro atoms. The van der Waals surface area contributed by atoms with Crippen LogP contribution in [0.4, 0.5) is 11.6 Å². The molecule has 2 heterocycles. The summed E-state index contributed by atoms with van der Waals surface area (Å²) in [6.07, 6.45) is 2.93. The fourth-order valence-electron chi connectivity index (χ4n) is 3.10. The zero-order chi connectivity index (χ0) is 16.9. The number of para-hydroxylation sites is 1. The smallest absolute Gasteiger partial charge is 0.129 e. The van der Waals surface area contributed by atoms with Crippen molar-refractivity contribution in [3.63, 3.8) is 0 Å². The molecule has 0 saturated carbocycles. The number of nitrogens with one attached hydrogen (secondary N) is 3. The first-order valence-electron chi connectivity index (χ1n) is 8.76. The Morgan fingerprint density at radius 2 is 1.88 bits per heavy atom. The summed E-state index contributed by atoms with van der Waals surface area (Å²) in [6, 6.07) is 12.9. The van der Waals surface area contributed by atoms with E-state index in [1.54, 1.807) is 0 Å². The second kappa shape index (κ2) is 7.39. The van der Waals surface area contributed by atoms with E-state index in [-0.39, 0.29) is 0 Å². The van der Waals surface area contributed by atoms with E-state index in [0.29, 0.717) is 0 Å². The molecule has 3 aromatic rings. The first-order valence-corrected chi connectivity index (χ1v) is 8.76. The van der Waals surface area contributed by atoms with Crippen LogP contribution in [0, 0.1) is 0 Å². The summed E-state index contributed by atoms with van der Waals surface area (Å²) in [5, 5.41) is 7.94. The molecule has 0 aliphatic carbocycles. The fraction of sp³-hybridized carbons (Fsp3) is 0.350. The molecule has 2 aromatic heterocycles. The number of benzene rings is 1. The van der Waals surface area contributed by atoms with Crippen LogP contribution >= 0.6 is 0 Å². The van der Waals surface area contributed by atoms with Crippen LogP contribution in [0.1, 0.15) is 30.7 Å². The Morgan fingerprint density at radius 1 is 1.04 bits per heavy atom. The molecule has 0 saturated heterocycles. The molecule has 0 unspecified atom stereocenters. The Bertz CT molecular complexity index is 820. The first kappa shape index (κ1) is 16.4. The number of H-pyrrole nitrogens is 1. The summed E-state index contributed by atoms with van der Waals surface area (Å²) >= 11 is 0. The van der Waals surface area contributed by atoms with E-state index in [9.17, 15) is 0 Å². The molecule has 0 aliphatic rings. The van der Waals surface area contributed by atoms with Crippen LogP contribution in [0.2, 0.25) is 0 Å². The number of rotatable bonds is 7. The lowest BCUT2D eigenvalue weighted by molar-refractivity contribution is 0.946. The highest BCUT2D eigenvalue weighted by Gasteiger charge is 2.05. The number of hydrogen-bond acceptors (Lipinski definition) is 3. The summed E-state index contributed by atoms with van der Waals surface area (Å²) in [5.41, 5.74) is 4.97. The van der Waals surface area contributed by atoms with Crippen LogP contribution < -0.4 is 10.6 Å². The Hall–Kier alpha value is -2.49. The van der Waals surface area contributed by atoms with Gasteiger partial charge in [0.05, 0.1) is 5.52 Å². The fourth-order valence-corrected chi connectivity index (χ4v) is 3.10. The molecule has 0 amide bonds. The predicted octanol–water partition coefficient (Wildman–Crippen LogP) is 4.38. The Labute approximate surface area is 143 Å². The second-order valence-electron chi connectivity index (χ2n) is 6.01. The molecule has 4 heteroatoms. The predicted molar refractivity (Wildman–Crippen MR) is 103 cm³/mol. The molecular formula is C20H26N4. The van der Waals surface area contributed by atoms with Gasteiger partial charge >= 0.3 is 0 Å². The third kappa shape index (κ3) is 3.37. The van der Waals surface area contributed by atoms with Crippen LogP contribution in [0.25, 0.3) is 10.9 Å². The van der Waals surface area contributed by atoms with Crippen LogP contribution in [-0.2, 0) is 19.3 Å². The summed E-state index contributed by atoms with van der Waals surface area (Å²) in [5.74, 6) is 2.07. The number of aryl methyl sites for hydroxylation is 2.